The lowest BCUT2D eigenvalue weighted by Gasteiger charge is -2.10. The molecule has 0 saturated carbocycles. The number of thiophene rings is 1. The van der Waals surface area contributed by atoms with Crippen molar-refractivity contribution in [3.05, 3.63) is 101 Å². The third-order valence-corrected chi connectivity index (χ3v) is 6.92. The van der Waals surface area contributed by atoms with Gasteiger partial charge in [0.05, 0.1) is 27.8 Å². The predicted molar refractivity (Wildman–Crippen MR) is 138 cm³/mol. The molecule has 172 valence electrons. The second kappa shape index (κ2) is 8.90. The number of halogens is 1. The SMILES string of the molecule is O=C(Nc1ccc(-c2c[nH]cn2)cc1)c1cc2ccccc2n1Cc1cc(-c2ccc(Cl)s2)on1. The van der Waals surface area contributed by atoms with E-state index in [0.717, 1.165) is 27.0 Å². The van der Waals surface area contributed by atoms with Crippen molar-refractivity contribution in [1.29, 1.82) is 0 Å². The molecule has 0 spiro atoms. The summed E-state index contributed by atoms with van der Waals surface area (Å²) < 4.78 is 8.18. The van der Waals surface area contributed by atoms with Gasteiger partial charge in [0.2, 0.25) is 0 Å². The molecule has 6 aromatic rings. The molecule has 0 aliphatic heterocycles. The molecule has 2 aromatic carbocycles. The summed E-state index contributed by atoms with van der Waals surface area (Å²) in [6.07, 6.45) is 3.46. The molecule has 7 nitrogen and oxygen atoms in total. The summed E-state index contributed by atoms with van der Waals surface area (Å²) in [5.74, 6) is 0.443. The van der Waals surface area contributed by atoms with Gasteiger partial charge in [-0.2, -0.15) is 0 Å². The Morgan fingerprint density at radius 2 is 1.94 bits per heavy atom. The van der Waals surface area contributed by atoms with Crippen molar-refractivity contribution in [3.8, 4) is 21.9 Å². The van der Waals surface area contributed by atoms with E-state index in [2.05, 4.69) is 20.4 Å². The Morgan fingerprint density at radius 3 is 2.71 bits per heavy atom. The number of carbonyl (C=O) groups is 1. The third kappa shape index (κ3) is 4.25. The van der Waals surface area contributed by atoms with E-state index in [4.69, 9.17) is 16.1 Å². The number of fused-ring (bicyclic) bond motifs is 1. The molecule has 0 unspecified atom stereocenters. The van der Waals surface area contributed by atoms with Gasteiger partial charge < -0.3 is 19.4 Å². The second-order valence-corrected chi connectivity index (χ2v) is 9.66. The standard InChI is InChI=1S/C26H18ClN5O2S/c27-25-10-9-24(35-25)23-12-19(31-34-23)14-32-21-4-2-1-3-17(21)11-22(32)26(33)30-18-7-5-16(6-8-18)20-13-28-15-29-20/h1-13,15H,14H2,(H,28,29)(H,30,33). The van der Waals surface area contributed by atoms with Crippen molar-refractivity contribution in [2.45, 2.75) is 6.54 Å². The number of benzene rings is 2. The molecule has 9 heteroatoms. The second-order valence-electron chi connectivity index (χ2n) is 7.95. The maximum atomic E-state index is 13.3. The highest BCUT2D eigenvalue weighted by atomic mass is 35.5. The Labute approximate surface area is 209 Å². The van der Waals surface area contributed by atoms with E-state index in [-0.39, 0.29) is 5.91 Å². The van der Waals surface area contributed by atoms with E-state index in [0.29, 0.717) is 33.7 Å². The van der Waals surface area contributed by atoms with Crippen LogP contribution in [0.3, 0.4) is 0 Å². The maximum absolute atomic E-state index is 13.3. The summed E-state index contributed by atoms with van der Waals surface area (Å²) in [6.45, 7) is 0.386. The van der Waals surface area contributed by atoms with Crippen molar-refractivity contribution in [2.75, 3.05) is 5.32 Å². The number of H-pyrrole nitrogens is 1. The number of carbonyl (C=O) groups excluding carboxylic acids is 1. The summed E-state index contributed by atoms with van der Waals surface area (Å²) in [4.78, 5) is 21.4. The first-order chi connectivity index (χ1) is 17.1. The molecule has 1 amide bonds. The molecule has 0 aliphatic carbocycles. The van der Waals surface area contributed by atoms with E-state index in [1.54, 1.807) is 6.33 Å². The Bertz CT molecular complexity index is 1630. The van der Waals surface area contributed by atoms with Crippen LogP contribution in [0.4, 0.5) is 5.69 Å². The van der Waals surface area contributed by atoms with Crippen molar-refractivity contribution in [3.63, 3.8) is 0 Å². The molecule has 0 radical (unpaired) electrons. The van der Waals surface area contributed by atoms with E-state index < -0.39 is 0 Å². The topological polar surface area (TPSA) is 88.7 Å². The summed E-state index contributed by atoms with van der Waals surface area (Å²) in [5, 5.41) is 8.21. The van der Waals surface area contributed by atoms with Crippen molar-refractivity contribution < 1.29 is 9.32 Å². The number of nitrogens with one attached hydrogen (secondary N) is 2. The number of hydrogen-bond donors (Lipinski definition) is 2. The van der Waals surface area contributed by atoms with Crippen LogP contribution in [0.25, 0.3) is 32.8 Å². The minimum Gasteiger partial charge on any atom is -0.355 e. The average molecular weight is 500 g/mol. The molecule has 0 fully saturated rings. The lowest BCUT2D eigenvalue weighted by Crippen LogP contribution is -2.17. The molecule has 0 atom stereocenters. The van der Waals surface area contributed by atoms with Crippen molar-refractivity contribution in [2.24, 2.45) is 0 Å². The van der Waals surface area contributed by atoms with E-state index in [1.807, 2.05) is 83.6 Å². The van der Waals surface area contributed by atoms with Gasteiger partial charge in [-0.3, -0.25) is 4.79 Å². The largest absolute Gasteiger partial charge is 0.355 e. The molecule has 35 heavy (non-hydrogen) atoms. The molecule has 0 aliphatic rings. The first kappa shape index (κ1) is 21.4. The fraction of sp³-hybridized carbons (Fsp3) is 0.0385. The fourth-order valence-electron chi connectivity index (χ4n) is 4.02. The first-order valence-electron chi connectivity index (χ1n) is 10.8. The summed E-state index contributed by atoms with van der Waals surface area (Å²) in [6, 6.07) is 23.0. The number of aromatic nitrogens is 4. The highest BCUT2D eigenvalue weighted by Crippen LogP contribution is 2.32. The number of imidazole rings is 1. The summed E-state index contributed by atoms with van der Waals surface area (Å²) in [7, 11) is 0. The van der Waals surface area contributed by atoms with Crippen LogP contribution in [-0.2, 0) is 6.54 Å². The number of para-hydroxylation sites is 1. The van der Waals surface area contributed by atoms with Crippen LogP contribution >= 0.6 is 22.9 Å². The Balaban J connectivity index is 1.29. The Morgan fingerprint density at radius 1 is 1.09 bits per heavy atom. The van der Waals surface area contributed by atoms with E-state index >= 15 is 0 Å². The average Bonchev–Trinajstić information content (AvgIpc) is 3.67. The van der Waals surface area contributed by atoms with Crippen LogP contribution < -0.4 is 5.32 Å². The van der Waals surface area contributed by atoms with Crippen LogP contribution in [-0.4, -0.2) is 25.6 Å². The molecule has 4 heterocycles. The van der Waals surface area contributed by atoms with Crippen LogP contribution in [0.5, 0.6) is 0 Å². The van der Waals surface area contributed by atoms with E-state index in [9.17, 15) is 4.79 Å². The molecular formula is C26H18ClN5O2S. The smallest absolute Gasteiger partial charge is 0.272 e. The van der Waals surface area contributed by atoms with Crippen LogP contribution in [0, 0.1) is 0 Å². The van der Waals surface area contributed by atoms with Gasteiger partial charge in [-0.15, -0.1) is 11.3 Å². The van der Waals surface area contributed by atoms with Gasteiger partial charge in [-0.1, -0.05) is 47.1 Å². The predicted octanol–water partition coefficient (Wildman–Crippen LogP) is 6.70. The van der Waals surface area contributed by atoms with Gasteiger partial charge in [0.25, 0.3) is 5.91 Å². The lowest BCUT2D eigenvalue weighted by molar-refractivity contribution is 0.101. The molecule has 2 N–H and O–H groups in total. The first-order valence-corrected chi connectivity index (χ1v) is 12.0. The van der Waals surface area contributed by atoms with Gasteiger partial charge >= 0.3 is 0 Å². The van der Waals surface area contributed by atoms with Gasteiger partial charge in [0.15, 0.2) is 5.76 Å². The van der Waals surface area contributed by atoms with Gasteiger partial charge in [0, 0.05) is 34.4 Å². The minimum absolute atomic E-state index is 0.206. The van der Waals surface area contributed by atoms with Gasteiger partial charge in [-0.25, -0.2) is 4.98 Å². The zero-order chi connectivity index (χ0) is 23.8. The molecule has 0 bridgehead atoms. The fourth-order valence-corrected chi connectivity index (χ4v) is 5.01. The van der Waals surface area contributed by atoms with Crippen molar-refractivity contribution in [1.82, 2.24) is 19.7 Å². The molecule has 4 aromatic heterocycles. The number of rotatable bonds is 6. The van der Waals surface area contributed by atoms with Crippen LogP contribution in [0.2, 0.25) is 4.34 Å². The molecule has 6 rings (SSSR count). The van der Waals surface area contributed by atoms with Gasteiger partial charge in [-0.05, 0) is 36.4 Å². The zero-order valence-electron chi connectivity index (χ0n) is 18.2. The van der Waals surface area contributed by atoms with Crippen LogP contribution in [0.15, 0.2) is 89.8 Å². The quantitative estimate of drug-likeness (QED) is 0.267. The third-order valence-electron chi connectivity index (χ3n) is 5.68. The molecule has 0 saturated heterocycles. The summed E-state index contributed by atoms with van der Waals surface area (Å²) in [5.41, 5.74) is 4.70. The normalized spacial score (nSPS) is 11.2. The number of amides is 1. The highest BCUT2D eigenvalue weighted by Gasteiger charge is 2.18. The highest BCUT2D eigenvalue weighted by molar-refractivity contribution is 7.19. The lowest BCUT2D eigenvalue weighted by atomic mass is 10.1. The van der Waals surface area contributed by atoms with E-state index in [1.165, 1.54) is 11.3 Å². The van der Waals surface area contributed by atoms with Crippen molar-refractivity contribution >= 4 is 45.4 Å². The summed E-state index contributed by atoms with van der Waals surface area (Å²) >= 11 is 7.49. The number of aromatic amines is 1. The number of anilines is 1. The number of hydrogen-bond acceptors (Lipinski definition) is 5. The zero-order valence-corrected chi connectivity index (χ0v) is 19.8. The number of nitrogens with zero attached hydrogens (tertiary/aromatic N) is 3. The molecular weight excluding hydrogens is 482 g/mol. The Hall–Kier alpha value is -4.14. The Kier molecular flexibility index (Phi) is 5.44. The van der Waals surface area contributed by atoms with Crippen LogP contribution in [0.1, 0.15) is 16.2 Å². The monoisotopic (exact) mass is 499 g/mol. The van der Waals surface area contributed by atoms with Gasteiger partial charge in [0.1, 0.15) is 11.4 Å². The minimum atomic E-state index is -0.206. The maximum Gasteiger partial charge on any atom is 0.272 e.